The number of allylic oxidation sites excluding steroid dienone is 1. The van der Waals surface area contributed by atoms with Crippen molar-refractivity contribution in [2.45, 2.75) is 29.7 Å². The van der Waals surface area contributed by atoms with Crippen LogP contribution < -0.4 is 10.9 Å². The van der Waals surface area contributed by atoms with Crippen LogP contribution in [-0.2, 0) is 17.0 Å². The molecule has 7 heteroatoms. The molecule has 1 atom stereocenters. The highest BCUT2D eigenvalue weighted by Crippen LogP contribution is 2.35. The van der Waals surface area contributed by atoms with E-state index in [1.807, 2.05) is 54.6 Å². The molecule has 1 amide bonds. The number of carbonyl (C=O) groups excluding carboxylic acids is 1. The zero-order valence-electron chi connectivity index (χ0n) is 16.2. The van der Waals surface area contributed by atoms with Gasteiger partial charge in [0.2, 0.25) is 5.91 Å². The molecule has 1 aromatic heterocycles. The molecule has 2 heterocycles. The maximum atomic E-state index is 12.9. The highest BCUT2D eigenvalue weighted by molar-refractivity contribution is 7.98. The van der Waals surface area contributed by atoms with E-state index in [1.54, 1.807) is 0 Å². The number of aromatic amines is 1. The Kier molecular flexibility index (Phi) is 6.06. The summed E-state index contributed by atoms with van der Waals surface area (Å²) in [5, 5.41) is 3.88. The van der Waals surface area contributed by atoms with Gasteiger partial charge in [0, 0.05) is 23.1 Å². The number of hydrogen-bond donors (Lipinski definition) is 2. The molecule has 0 radical (unpaired) electrons. The highest BCUT2D eigenvalue weighted by Gasteiger charge is 2.30. The number of anilines is 1. The zero-order valence-corrected chi connectivity index (χ0v) is 17.7. The Morgan fingerprint density at radius 1 is 1.17 bits per heavy atom. The first-order chi connectivity index (χ1) is 14.5. The summed E-state index contributed by atoms with van der Waals surface area (Å²) in [6.45, 7) is 3.75. The summed E-state index contributed by atoms with van der Waals surface area (Å²) < 4.78 is 0. The molecule has 0 fully saturated rings. The molecule has 0 spiro atoms. The topological polar surface area (TPSA) is 74.8 Å². The lowest BCUT2D eigenvalue weighted by molar-refractivity contribution is -0.116. The molecular formula is C23H20ClN3O2S. The van der Waals surface area contributed by atoms with E-state index in [4.69, 9.17) is 11.6 Å². The van der Waals surface area contributed by atoms with E-state index in [2.05, 4.69) is 21.9 Å². The third kappa shape index (κ3) is 4.50. The van der Waals surface area contributed by atoms with Gasteiger partial charge >= 0.3 is 0 Å². The number of benzene rings is 2. The van der Waals surface area contributed by atoms with Gasteiger partial charge in [-0.25, -0.2) is 4.98 Å². The van der Waals surface area contributed by atoms with Gasteiger partial charge in [0.15, 0.2) is 5.16 Å². The number of nitrogens with one attached hydrogen (secondary N) is 2. The SMILES string of the molecule is C=CCc1ccc(C2CC(=O)Nc3nc(SCc4cccc(Cl)c4)[nH]c(=O)c32)cc1. The van der Waals surface area contributed by atoms with Crippen LogP contribution in [0.4, 0.5) is 5.82 Å². The summed E-state index contributed by atoms with van der Waals surface area (Å²) in [6.07, 6.45) is 2.83. The van der Waals surface area contributed by atoms with Crippen molar-refractivity contribution in [2.24, 2.45) is 0 Å². The lowest BCUT2D eigenvalue weighted by Gasteiger charge is -2.24. The molecule has 0 bridgehead atoms. The quantitative estimate of drug-likeness (QED) is 0.326. The predicted octanol–water partition coefficient (Wildman–Crippen LogP) is 4.92. The van der Waals surface area contributed by atoms with Crippen molar-refractivity contribution in [3.63, 3.8) is 0 Å². The van der Waals surface area contributed by atoms with Gasteiger partial charge in [-0.3, -0.25) is 9.59 Å². The first-order valence-corrected chi connectivity index (χ1v) is 10.9. The van der Waals surface area contributed by atoms with Gasteiger partial charge in [-0.15, -0.1) is 6.58 Å². The van der Waals surface area contributed by atoms with Crippen molar-refractivity contribution >= 4 is 35.1 Å². The lowest BCUT2D eigenvalue weighted by Crippen LogP contribution is -2.31. The Hall–Kier alpha value is -2.83. The normalized spacial score (nSPS) is 15.4. The van der Waals surface area contributed by atoms with E-state index in [1.165, 1.54) is 11.8 Å². The van der Waals surface area contributed by atoms with Crippen LogP contribution in [0.25, 0.3) is 0 Å². The second-order valence-electron chi connectivity index (χ2n) is 7.09. The number of nitrogens with zero attached hydrogens (tertiary/aromatic N) is 1. The van der Waals surface area contributed by atoms with Crippen LogP contribution in [0.5, 0.6) is 0 Å². The first-order valence-electron chi connectivity index (χ1n) is 9.54. The van der Waals surface area contributed by atoms with E-state index < -0.39 is 0 Å². The Morgan fingerprint density at radius 2 is 1.97 bits per heavy atom. The average molecular weight is 438 g/mol. The van der Waals surface area contributed by atoms with Crippen LogP contribution in [0.15, 0.2) is 71.1 Å². The number of halogens is 1. The van der Waals surface area contributed by atoms with Crippen molar-refractivity contribution in [3.05, 3.63) is 98.8 Å². The van der Waals surface area contributed by atoms with Crippen LogP contribution in [0, 0.1) is 0 Å². The minimum absolute atomic E-state index is 0.147. The van der Waals surface area contributed by atoms with Crippen molar-refractivity contribution in [1.29, 1.82) is 0 Å². The molecule has 0 saturated carbocycles. The van der Waals surface area contributed by atoms with E-state index in [0.717, 1.165) is 23.1 Å². The highest BCUT2D eigenvalue weighted by atomic mass is 35.5. The average Bonchev–Trinajstić information content (AvgIpc) is 2.72. The number of carbonyl (C=O) groups is 1. The fourth-order valence-electron chi connectivity index (χ4n) is 3.53. The summed E-state index contributed by atoms with van der Waals surface area (Å²) in [5.41, 5.74) is 3.35. The number of hydrogen-bond acceptors (Lipinski definition) is 4. The summed E-state index contributed by atoms with van der Waals surface area (Å²) in [6, 6.07) is 15.5. The molecular weight excluding hydrogens is 418 g/mol. The monoisotopic (exact) mass is 437 g/mol. The van der Waals surface area contributed by atoms with Gasteiger partial charge in [0.25, 0.3) is 5.56 Å². The number of rotatable bonds is 6. The Morgan fingerprint density at radius 3 is 2.70 bits per heavy atom. The summed E-state index contributed by atoms with van der Waals surface area (Å²) in [4.78, 5) is 32.6. The first kappa shape index (κ1) is 20.4. The smallest absolute Gasteiger partial charge is 0.257 e. The van der Waals surface area contributed by atoms with E-state index in [-0.39, 0.29) is 23.8 Å². The van der Waals surface area contributed by atoms with Gasteiger partial charge in [-0.1, -0.05) is 65.8 Å². The van der Waals surface area contributed by atoms with Gasteiger partial charge in [-0.2, -0.15) is 0 Å². The number of H-pyrrole nitrogens is 1. The van der Waals surface area contributed by atoms with Gasteiger partial charge in [0.1, 0.15) is 5.82 Å². The van der Waals surface area contributed by atoms with E-state index in [0.29, 0.717) is 27.3 Å². The standard InChI is InChI=1S/C23H20ClN3O2S/c1-2-4-14-7-9-16(10-8-14)18-12-19(28)25-21-20(18)22(29)27-23(26-21)30-13-15-5-3-6-17(24)11-15/h2-3,5-11,18H,1,4,12-13H2,(H2,25,26,27,28,29). The molecule has 1 aliphatic rings. The largest absolute Gasteiger partial charge is 0.310 e. The second kappa shape index (κ2) is 8.90. The fourth-order valence-corrected chi connectivity index (χ4v) is 4.55. The number of thioether (sulfide) groups is 1. The van der Waals surface area contributed by atoms with Crippen molar-refractivity contribution in [3.8, 4) is 0 Å². The van der Waals surface area contributed by atoms with Gasteiger partial charge in [0.05, 0.1) is 5.56 Å². The number of fused-ring (bicyclic) bond motifs is 1. The summed E-state index contributed by atoms with van der Waals surface area (Å²) in [5.74, 6) is 0.467. The number of aromatic nitrogens is 2. The molecule has 0 saturated heterocycles. The van der Waals surface area contributed by atoms with Crippen molar-refractivity contribution in [1.82, 2.24) is 9.97 Å². The summed E-state index contributed by atoms with van der Waals surface area (Å²) in [7, 11) is 0. The molecule has 2 N–H and O–H groups in total. The molecule has 30 heavy (non-hydrogen) atoms. The fraction of sp³-hybridized carbons (Fsp3) is 0.174. The third-order valence-electron chi connectivity index (χ3n) is 4.96. The van der Waals surface area contributed by atoms with Crippen molar-refractivity contribution in [2.75, 3.05) is 5.32 Å². The van der Waals surface area contributed by atoms with E-state index >= 15 is 0 Å². The van der Waals surface area contributed by atoms with Gasteiger partial charge in [-0.05, 0) is 35.2 Å². The van der Waals surface area contributed by atoms with Crippen LogP contribution in [0.1, 0.15) is 34.6 Å². The minimum atomic E-state index is -0.324. The molecule has 2 aromatic carbocycles. The maximum Gasteiger partial charge on any atom is 0.257 e. The molecule has 0 aliphatic carbocycles. The second-order valence-corrected chi connectivity index (χ2v) is 8.49. The lowest BCUT2D eigenvalue weighted by atomic mass is 9.86. The van der Waals surface area contributed by atoms with Crippen LogP contribution in [0.2, 0.25) is 5.02 Å². The molecule has 4 rings (SSSR count). The number of amides is 1. The van der Waals surface area contributed by atoms with Crippen LogP contribution in [0.3, 0.4) is 0 Å². The third-order valence-corrected chi connectivity index (χ3v) is 6.14. The molecule has 152 valence electrons. The Labute approximate surface area is 183 Å². The molecule has 1 aliphatic heterocycles. The molecule has 1 unspecified atom stereocenters. The Balaban J connectivity index is 1.62. The zero-order chi connectivity index (χ0) is 21.1. The predicted molar refractivity (Wildman–Crippen MR) is 121 cm³/mol. The van der Waals surface area contributed by atoms with Crippen LogP contribution in [-0.4, -0.2) is 15.9 Å². The molecule has 3 aromatic rings. The molecule has 5 nitrogen and oxygen atoms in total. The van der Waals surface area contributed by atoms with Crippen LogP contribution >= 0.6 is 23.4 Å². The maximum absolute atomic E-state index is 12.9. The Bertz CT molecular complexity index is 1160. The van der Waals surface area contributed by atoms with Gasteiger partial charge < -0.3 is 10.3 Å². The van der Waals surface area contributed by atoms with E-state index in [9.17, 15) is 9.59 Å². The summed E-state index contributed by atoms with van der Waals surface area (Å²) >= 11 is 7.42. The minimum Gasteiger partial charge on any atom is -0.310 e. The van der Waals surface area contributed by atoms with Crippen molar-refractivity contribution < 1.29 is 4.79 Å².